The maximum Gasteiger partial charge on any atom is 0.0794 e. The topological polar surface area (TPSA) is 73.2 Å². The molecule has 0 radical (unpaired) electrons. The van der Waals surface area contributed by atoms with Gasteiger partial charge in [0.25, 0.3) is 0 Å². The lowest BCUT2D eigenvalue weighted by atomic mass is 10.0. The number of ether oxygens (including phenoxy) is 1. The van der Waals surface area contributed by atoms with Crippen molar-refractivity contribution in [1.29, 1.82) is 0 Å². The molecule has 2 aliphatic heterocycles. The molecule has 0 aliphatic carbocycles. The summed E-state index contributed by atoms with van der Waals surface area (Å²) in [5.41, 5.74) is 5.37. The smallest absolute Gasteiger partial charge is 0.0794 e. The Labute approximate surface area is 291 Å². The van der Waals surface area contributed by atoms with Gasteiger partial charge in [0.2, 0.25) is 0 Å². The summed E-state index contributed by atoms with van der Waals surface area (Å²) in [6, 6.07) is 18.9. The largest absolute Gasteiger partial charge is 0.381 e. The third-order valence-electron chi connectivity index (χ3n) is 6.25. The van der Waals surface area contributed by atoms with Gasteiger partial charge in [-0.05, 0) is 102 Å². The third kappa shape index (κ3) is 27.0. The van der Waals surface area contributed by atoms with Gasteiger partial charge in [0, 0.05) is 66.4 Å². The van der Waals surface area contributed by atoms with E-state index in [-0.39, 0.29) is 0 Å². The Balaban J connectivity index is 0.000000274. The Morgan fingerprint density at radius 1 is 0.681 bits per heavy atom. The van der Waals surface area contributed by atoms with Gasteiger partial charge in [-0.25, -0.2) is 0 Å². The van der Waals surface area contributed by atoms with Crippen LogP contribution in [0.4, 0.5) is 0 Å². The van der Waals surface area contributed by atoms with Gasteiger partial charge < -0.3 is 4.74 Å². The number of allylic oxidation sites excluding steroid dienone is 1. The van der Waals surface area contributed by atoms with Gasteiger partial charge in [-0.2, -0.15) is 0 Å². The van der Waals surface area contributed by atoms with Crippen molar-refractivity contribution < 1.29 is 4.74 Å². The summed E-state index contributed by atoms with van der Waals surface area (Å²) in [5, 5.41) is 2.08. The molecule has 5 aromatic rings. The maximum atomic E-state index is 5.14. The first-order valence-corrected chi connectivity index (χ1v) is 17.7. The lowest BCUT2D eigenvalue weighted by Crippen LogP contribution is -2.12. The minimum absolute atomic E-state index is 0.519. The molecule has 0 spiro atoms. The molecule has 0 amide bonds. The number of dihydropyridines is 1. The minimum atomic E-state index is 0.519. The van der Waals surface area contributed by atoms with Gasteiger partial charge >= 0.3 is 0 Å². The van der Waals surface area contributed by atoms with Crippen molar-refractivity contribution in [2.24, 2.45) is 10.9 Å². The van der Waals surface area contributed by atoms with Gasteiger partial charge in [-0.1, -0.05) is 55.0 Å². The molecule has 47 heavy (non-hydrogen) atoms. The lowest BCUT2D eigenvalue weighted by molar-refractivity contribution is 0.0716. The number of pyridine rings is 1. The van der Waals surface area contributed by atoms with Crippen molar-refractivity contribution in [2.45, 2.75) is 73.8 Å². The van der Waals surface area contributed by atoms with Gasteiger partial charge in [0.05, 0.1) is 17.2 Å². The molecule has 6 heterocycles. The fourth-order valence-corrected chi connectivity index (χ4v) is 4.32. The van der Waals surface area contributed by atoms with Gasteiger partial charge in [-0.15, -0.1) is 22.7 Å². The molecular weight excluding hydrogens is 619 g/mol. The second-order valence-electron chi connectivity index (χ2n) is 11.0. The highest BCUT2D eigenvalue weighted by molar-refractivity contribution is 7.09. The van der Waals surface area contributed by atoms with Crippen LogP contribution in [0.25, 0.3) is 0 Å². The highest BCUT2D eigenvalue weighted by Gasteiger charge is 2.06. The van der Waals surface area contributed by atoms with Gasteiger partial charge in [0.1, 0.15) is 0 Å². The number of nitrogens with zero attached hydrogens (tertiary/aromatic N) is 5. The van der Waals surface area contributed by atoms with Crippen molar-refractivity contribution in [1.82, 2.24) is 19.9 Å². The summed E-state index contributed by atoms with van der Waals surface area (Å²) in [6.45, 7) is 16.5. The third-order valence-corrected chi connectivity index (χ3v) is 7.75. The molecule has 252 valence electrons. The Hall–Kier alpha value is -3.85. The fourth-order valence-electron chi connectivity index (χ4n) is 3.38. The van der Waals surface area contributed by atoms with E-state index in [1.54, 1.807) is 53.7 Å². The van der Waals surface area contributed by atoms with Crippen LogP contribution in [0.1, 0.15) is 59.7 Å². The zero-order chi connectivity index (χ0) is 34.4. The van der Waals surface area contributed by atoms with E-state index in [9.17, 15) is 0 Å². The summed E-state index contributed by atoms with van der Waals surface area (Å²) in [5.74, 6) is 0.911. The molecule has 1 saturated heterocycles. The molecule has 0 N–H and O–H groups in total. The summed E-state index contributed by atoms with van der Waals surface area (Å²) in [7, 11) is 0. The quantitative estimate of drug-likeness (QED) is 0.164. The summed E-state index contributed by atoms with van der Waals surface area (Å²) < 4.78 is 5.14. The molecule has 2 aliphatic rings. The van der Waals surface area contributed by atoms with E-state index in [0.29, 0.717) is 6.04 Å². The second-order valence-corrected chi connectivity index (χ2v) is 13.2. The summed E-state index contributed by atoms with van der Waals surface area (Å²) >= 11 is 3.44. The Kier molecular flexibility index (Phi) is 24.9. The molecule has 0 bridgehead atoms. The number of hydrogen-bond donors (Lipinski definition) is 0. The van der Waals surface area contributed by atoms with E-state index in [2.05, 4.69) is 88.3 Å². The Morgan fingerprint density at radius 3 is 1.64 bits per heavy atom. The summed E-state index contributed by atoms with van der Waals surface area (Å²) in [6.07, 6.45) is 20.1. The monoisotopic (exact) mass is 671 g/mol. The van der Waals surface area contributed by atoms with Crippen LogP contribution in [0.5, 0.6) is 0 Å². The van der Waals surface area contributed by atoms with Crippen LogP contribution in [-0.4, -0.2) is 45.4 Å². The highest BCUT2D eigenvalue weighted by Crippen LogP contribution is 2.12. The number of aliphatic imine (C=N–C) groups is 1. The maximum absolute atomic E-state index is 5.14. The van der Waals surface area contributed by atoms with E-state index < -0.39 is 0 Å². The van der Waals surface area contributed by atoms with Crippen LogP contribution in [-0.2, 0) is 4.74 Å². The number of thiazole rings is 1. The number of rotatable bonds is 0. The highest BCUT2D eigenvalue weighted by atomic mass is 32.1. The van der Waals surface area contributed by atoms with Crippen molar-refractivity contribution in [3.8, 4) is 0 Å². The predicted molar refractivity (Wildman–Crippen MR) is 204 cm³/mol. The normalized spacial score (nSPS) is 14.1. The molecule has 7 rings (SSSR count). The predicted octanol–water partition coefficient (Wildman–Crippen LogP) is 10.5. The van der Waals surface area contributed by atoms with Crippen LogP contribution >= 0.6 is 22.7 Å². The zero-order valence-electron chi connectivity index (χ0n) is 29.2. The van der Waals surface area contributed by atoms with Crippen LogP contribution in [0.3, 0.4) is 0 Å². The SMILES string of the molecule is CC1CCOCC1.C[C@H]1CC=CC=N1.Cc1ccccc1.Cc1cccs1.Cc1ccncc1.Cc1cnccn1.Cc1cncs1. The first-order valence-electron chi connectivity index (χ1n) is 16.0. The fraction of sp³-hybridized carbons (Fsp3) is 0.359. The average molecular weight is 672 g/mol. The second kappa shape index (κ2) is 28.4. The van der Waals surface area contributed by atoms with E-state index >= 15 is 0 Å². The summed E-state index contributed by atoms with van der Waals surface area (Å²) in [4.78, 5) is 22.2. The minimum Gasteiger partial charge on any atom is -0.381 e. The van der Waals surface area contributed by atoms with Crippen LogP contribution in [0.2, 0.25) is 0 Å². The van der Waals surface area contributed by atoms with Crippen molar-refractivity contribution in [3.05, 3.63) is 141 Å². The molecule has 1 fully saturated rings. The van der Waals surface area contributed by atoms with Gasteiger partial charge in [-0.3, -0.25) is 24.9 Å². The number of aryl methyl sites for hydroxylation is 5. The molecular formula is C39H53N5OS2. The lowest BCUT2D eigenvalue weighted by Gasteiger charge is -2.16. The molecule has 8 heteroatoms. The molecule has 4 aromatic heterocycles. The molecule has 0 saturated carbocycles. The van der Waals surface area contributed by atoms with E-state index in [4.69, 9.17) is 4.74 Å². The number of hydrogen-bond acceptors (Lipinski definition) is 8. The molecule has 1 atom stereocenters. The van der Waals surface area contributed by atoms with Crippen LogP contribution < -0.4 is 0 Å². The van der Waals surface area contributed by atoms with Crippen LogP contribution in [0.15, 0.2) is 120 Å². The first kappa shape index (κ1) is 41.2. The number of benzene rings is 1. The zero-order valence-corrected chi connectivity index (χ0v) is 30.8. The standard InChI is InChI=1S/C7H8.C6H7N.C6H9N.C6H12O.C5H6N2.C5H6S.C4H5NS/c1-7-5-3-2-4-6-7;1-6-2-4-7-5-3-6;1-6-4-2-3-5-7-6;1-6-2-4-7-5-3-6;1-5-4-6-2-3-7-5;1-5-3-2-4-6-5;1-4-2-5-3-6-4/h2-6H,1H3;2-5H,1H3;2-3,5-6H,4H2,1H3;6H,2-5H2,1H3;2-4H,1H3;2-4H,1H3;2-3H,1H3/t;;6-;;;;/m..0..../s1. The Morgan fingerprint density at radius 2 is 1.38 bits per heavy atom. The number of thiophene rings is 1. The average Bonchev–Trinajstić information content (AvgIpc) is 3.78. The van der Waals surface area contributed by atoms with E-state index in [1.165, 1.54) is 33.7 Å². The molecule has 6 nitrogen and oxygen atoms in total. The van der Waals surface area contributed by atoms with Crippen molar-refractivity contribution in [2.75, 3.05) is 13.2 Å². The molecule has 0 unspecified atom stereocenters. The first-order chi connectivity index (χ1) is 22.8. The van der Waals surface area contributed by atoms with Crippen molar-refractivity contribution in [3.63, 3.8) is 0 Å². The Bertz CT molecular complexity index is 1270. The van der Waals surface area contributed by atoms with Crippen LogP contribution in [0, 0.1) is 40.5 Å². The van der Waals surface area contributed by atoms with E-state index in [1.807, 2.05) is 75.1 Å². The number of aromatic nitrogens is 4. The van der Waals surface area contributed by atoms with Crippen molar-refractivity contribution >= 4 is 28.9 Å². The van der Waals surface area contributed by atoms with Gasteiger partial charge in [0.15, 0.2) is 0 Å². The van der Waals surface area contributed by atoms with E-state index in [0.717, 1.165) is 31.2 Å². The molecule has 1 aromatic carbocycles.